The van der Waals surface area contributed by atoms with Gasteiger partial charge in [-0.2, -0.15) is 0 Å². The van der Waals surface area contributed by atoms with E-state index < -0.39 is 0 Å². The van der Waals surface area contributed by atoms with Gasteiger partial charge in [0.15, 0.2) is 10.9 Å². The first-order valence-corrected chi connectivity index (χ1v) is 27.2. The summed E-state index contributed by atoms with van der Waals surface area (Å²) in [5.41, 5.74) is 19.4. The van der Waals surface area contributed by atoms with Gasteiger partial charge in [-0.25, -0.2) is 9.97 Å². The number of rotatable bonds is 3. The van der Waals surface area contributed by atoms with E-state index in [4.69, 9.17) is 9.97 Å². The molecule has 0 fully saturated rings. The predicted octanol–water partition coefficient (Wildman–Crippen LogP) is 18.0. The highest BCUT2D eigenvalue weighted by Crippen LogP contribution is 2.46. The zero-order valence-corrected chi connectivity index (χ0v) is 48.1. The highest BCUT2D eigenvalue weighted by molar-refractivity contribution is 6.21. The fraction of sp³-hybridized carbons (Fsp3) is 0.343. The number of aromatic nitrogens is 4. The van der Waals surface area contributed by atoms with Gasteiger partial charge >= 0.3 is 0 Å². The van der Waals surface area contributed by atoms with Crippen molar-refractivity contribution in [3.05, 3.63) is 162 Å². The number of benzene rings is 6. The van der Waals surface area contributed by atoms with Crippen LogP contribution < -0.4 is 10.9 Å². The number of hydrogen-bond donors (Lipinski definition) is 2. The topological polar surface area (TPSA) is 91.5 Å². The minimum Gasteiger partial charge on any atom is -0.354 e. The first kappa shape index (κ1) is 51.0. The summed E-state index contributed by atoms with van der Waals surface area (Å²) in [6, 6.07) is 35.0. The molecule has 0 unspecified atom stereocenters. The lowest BCUT2D eigenvalue weighted by atomic mass is 9.78. The predicted molar refractivity (Wildman–Crippen MR) is 325 cm³/mol. The Morgan fingerprint density at radius 1 is 0.342 bits per heavy atom. The molecule has 8 aromatic rings. The quantitative estimate of drug-likeness (QED) is 0.184. The van der Waals surface area contributed by atoms with Crippen molar-refractivity contribution in [2.45, 2.75) is 157 Å². The van der Waals surface area contributed by atoms with E-state index in [1.165, 1.54) is 33.4 Å². The zero-order valence-electron chi connectivity index (χ0n) is 48.1. The molecule has 76 heavy (non-hydrogen) atoms. The van der Waals surface area contributed by atoms with Gasteiger partial charge in [0.05, 0.1) is 33.3 Å². The summed E-state index contributed by atoms with van der Waals surface area (Å²) in [5, 5.41) is 2.07. The van der Waals surface area contributed by atoms with Gasteiger partial charge in [-0.05, 0) is 119 Å². The standard InChI is InChI=1S/C70H74N4O2/c1-65(2,3)40-26-37(27-41(32-40)66(4,5)6)56-50-22-24-52(71-50)57(38-28-42(67(7,8)9)33-43(29-38)68(10,11)12)54-35-48-61(73-54)60-59-46(63(48)75)20-19-21-47(59)64(76)49-36-55(74-62(49)60)58(53-25-23-51(56)72-53)39-30-44(69(13,14)15)34-45(31-39)70(16,17)18/h19-36,71,74H,1-18H3. The second-order valence-electron chi connectivity index (χ2n) is 28.2. The summed E-state index contributed by atoms with van der Waals surface area (Å²) in [7, 11) is 0. The van der Waals surface area contributed by atoms with E-state index >= 15 is 9.59 Å². The van der Waals surface area contributed by atoms with Crippen LogP contribution in [0.2, 0.25) is 0 Å². The molecule has 11 rings (SSSR count). The molecule has 4 aromatic carbocycles. The van der Waals surface area contributed by atoms with Crippen molar-refractivity contribution in [2.24, 2.45) is 0 Å². The number of nitrogens with zero attached hydrogens (tertiary/aromatic N) is 2. The molecule has 2 N–H and O–H groups in total. The molecule has 6 heteroatoms. The third-order valence-corrected chi connectivity index (χ3v) is 16.1. The molecule has 0 radical (unpaired) electrons. The van der Waals surface area contributed by atoms with Gasteiger partial charge in [0.2, 0.25) is 0 Å². The van der Waals surface area contributed by atoms with Gasteiger partial charge in [-0.3, -0.25) is 9.59 Å². The normalized spacial score (nSPS) is 13.7. The van der Waals surface area contributed by atoms with E-state index in [1.54, 1.807) is 0 Å². The molecule has 0 spiro atoms. The minimum atomic E-state index is -0.169. The summed E-state index contributed by atoms with van der Waals surface area (Å²) in [5.74, 6) is 0. The fourth-order valence-corrected chi connectivity index (χ4v) is 11.3. The van der Waals surface area contributed by atoms with Crippen LogP contribution in [0.25, 0.3) is 111 Å². The van der Waals surface area contributed by atoms with Gasteiger partial charge in [0, 0.05) is 60.5 Å². The van der Waals surface area contributed by atoms with Gasteiger partial charge in [0.25, 0.3) is 0 Å². The molecule has 5 heterocycles. The second-order valence-corrected chi connectivity index (χ2v) is 28.2. The van der Waals surface area contributed by atoms with Crippen LogP contribution in [0, 0.1) is 0 Å². The van der Waals surface area contributed by atoms with Crippen molar-refractivity contribution in [3.63, 3.8) is 0 Å². The van der Waals surface area contributed by atoms with E-state index in [0.717, 1.165) is 66.9 Å². The second kappa shape index (κ2) is 16.7. The van der Waals surface area contributed by atoms with Gasteiger partial charge in [0.1, 0.15) is 0 Å². The van der Waals surface area contributed by atoms with Crippen molar-refractivity contribution in [1.29, 1.82) is 0 Å². The third-order valence-electron chi connectivity index (χ3n) is 16.1. The third kappa shape index (κ3) is 8.47. The Hall–Kier alpha value is -7.18. The average Bonchev–Trinajstić information content (AvgIpc) is 4.18. The lowest BCUT2D eigenvalue weighted by Crippen LogP contribution is -2.16. The molecule has 0 atom stereocenters. The highest BCUT2D eigenvalue weighted by Gasteiger charge is 2.30. The highest BCUT2D eigenvalue weighted by atomic mass is 16.1. The Morgan fingerprint density at radius 3 is 1.14 bits per heavy atom. The number of hydrogen-bond acceptors (Lipinski definition) is 4. The molecule has 0 amide bonds. The van der Waals surface area contributed by atoms with Crippen LogP contribution in [0.3, 0.4) is 0 Å². The molecule has 3 aliphatic rings. The summed E-state index contributed by atoms with van der Waals surface area (Å²) < 4.78 is 0. The van der Waals surface area contributed by atoms with E-state index in [-0.39, 0.29) is 43.3 Å². The Morgan fingerprint density at radius 2 is 0.724 bits per heavy atom. The summed E-state index contributed by atoms with van der Waals surface area (Å²) in [6.45, 7) is 40.9. The zero-order chi connectivity index (χ0) is 54.7. The van der Waals surface area contributed by atoms with Crippen LogP contribution in [-0.4, -0.2) is 19.9 Å². The molecular formula is C70H74N4O2. The van der Waals surface area contributed by atoms with Crippen molar-refractivity contribution in [3.8, 4) is 44.5 Å². The van der Waals surface area contributed by atoms with Crippen molar-refractivity contribution >= 4 is 66.8 Å². The first-order valence-electron chi connectivity index (χ1n) is 27.2. The van der Waals surface area contributed by atoms with Crippen LogP contribution in [0.4, 0.5) is 0 Å². The van der Waals surface area contributed by atoms with Crippen LogP contribution in [0.1, 0.15) is 169 Å². The van der Waals surface area contributed by atoms with Crippen LogP contribution in [0.15, 0.2) is 107 Å². The molecular weight excluding hydrogens is 929 g/mol. The molecule has 8 bridgehead atoms. The smallest absolute Gasteiger partial charge is 0.195 e. The molecule has 0 saturated heterocycles. The SMILES string of the molecule is CC(C)(C)c1cc(-c2c3nc(c(-c4cc(C(C)(C)C)cc(C(C)(C)C)c4)c4cc5c(=O)c6cccc7c6-c(c6nc(cc6c7=O)c(-c6cc(C(C)(C)C)cc(C(C)(C)C)c6)c6ccc2[nH]6)c5[nH]4)C=C3)cc(C(C)(C)C)c1. The maximum Gasteiger partial charge on any atom is 0.195 e. The van der Waals surface area contributed by atoms with Crippen molar-refractivity contribution in [1.82, 2.24) is 19.9 Å². The monoisotopic (exact) mass is 1000 g/mol. The van der Waals surface area contributed by atoms with E-state index in [2.05, 4.69) is 213 Å². The number of fused-ring (bicyclic) bond motifs is 6. The van der Waals surface area contributed by atoms with Crippen molar-refractivity contribution in [2.75, 3.05) is 0 Å². The maximum absolute atomic E-state index is 15.1. The molecule has 6 nitrogen and oxygen atoms in total. The molecule has 2 aliphatic carbocycles. The number of aromatic amines is 2. The minimum absolute atomic E-state index is 0.128. The van der Waals surface area contributed by atoms with Crippen LogP contribution >= 0.6 is 0 Å². The Bertz CT molecular complexity index is 4150. The van der Waals surface area contributed by atoms with Crippen molar-refractivity contribution < 1.29 is 0 Å². The van der Waals surface area contributed by atoms with Gasteiger partial charge in [-0.15, -0.1) is 0 Å². The summed E-state index contributed by atoms with van der Waals surface area (Å²) in [6.07, 6.45) is 4.32. The van der Waals surface area contributed by atoms with Crippen LogP contribution in [0.5, 0.6) is 0 Å². The molecule has 4 aromatic heterocycles. The van der Waals surface area contributed by atoms with E-state index in [0.29, 0.717) is 43.7 Å². The average molecular weight is 1000 g/mol. The molecule has 0 saturated carbocycles. The van der Waals surface area contributed by atoms with Gasteiger partial charge < -0.3 is 9.97 Å². The number of H-pyrrole nitrogens is 2. The lowest BCUT2D eigenvalue weighted by Gasteiger charge is -2.26. The Kier molecular flexibility index (Phi) is 11.2. The fourth-order valence-electron chi connectivity index (χ4n) is 11.3. The first-order chi connectivity index (χ1) is 35.3. The number of nitrogens with one attached hydrogen (secondary N) is 2. The Balaban J connectivity index is 1.42. The van der Waals surface area contributed by atoms with Gasteiger partial charge in [-0.1, -0.05) is 197 Å². The Labute approximate surface area is 448 Å². The molecule has 386 valence electrons. The van der Waals surface area contributed by atoms with Crippen LogP contribution in [-0.2, 0) is 32.5 Å². The summed E-state index contributed by atoms with van der Waals surface area (Å²) >= 11 is 0. The molecule has 1 aliphatic heterocycles. The lowest BCUT2D eigenvalue weighted by molar-refractivity contribution is 0.568. The van der Waals surface area contributed by atoms with E-state index in [1.807, 2.05) is 30.3 Å². The summed E-state index contributed by atoms with van der Waals surface area (Å²) in [4.78, 5) is 49.6. The largest absolute Gasteiger partial charge is 0.354 e. The van der Waals surface area contributed by atoms with E-state index in [9.17, 15) is 0 Å². The maximum atomic E-state index is 15.1.